The highest BCUT2D eigenvalue weighted by molar-refractivity contribution is 6.11. The highest BCUT2D eigenvalue weighted by atomic mass is 16.6. The minimum atomic E-state index is -0.501. The van der Waals surface area contributed by atoms with Crippen molar-refractivity contribution in [1.29, 1.82) is 0 Å². The van der Waals surface area contributed by atoms with E-state index in [4.69, 9.17) is 4.74 Å². The molecule has 0 fully saturated rings. The fourth-order valence-electron chi connectivity index (χ4n) is 2.51. The first-order chi connectivity index (χ1) is 14.6. The maximum absolute atomic E-state index is 12.1. The van der Waals surface area contributed by atoms with Crippen LogP contribution < -0.4 is 10.2 Å². The third-order valence-electron chi connectivity index (χ3n) is 4.02. The van der Waals surface area contributed by atoms with Crippen LogP contribution in [0.5, 0.6) is 5.75 Å². The minimum Gasteiger partial charge on any atom is -0.484 e. The molecule has 0 aliphatic carbocycles. The maximum Gasteiger partial charge on any atom is 0.277 e. The van der Waals surface area contributed by atoms with Crippen LogP contribution in [-0.4, -0.2) is 23.1 Å². The number of hydrogen-bond acceptors (Lipinski definition) is 5. The average Bonchev–Trinajstić information content (AvgIpc) is 2.79. The van der Waals surface area contributed by atoms with E-state index in [1.807, 2.05) is 72.8 Å². The van der Waals surface area contributed by atoms with Gasteiger partial charge >= 0.3 is 0 Å². The molecule has 150 valence electrons. The largest absolute Gasteiger partial charge is 0.484 e. The zero-order valence-electron chi connectivity index (χ0n) is 16.0. The molecule has 30 heavy (non-hydrogen) atoms. The molecule has 0 bridgehead atoms. The molecule has 0 radical (unpaired) electrons. The Balaban J connectivity index is 1.65. The number of ether oxygens (including phenoxy) is 1. The number of non-ortho nitro benzene ring substituents is 1. The summed E-state index contributed by atoms with van der Waals surface area (Å²) in [6.07, 6.45) is 3.73. The number of allylic oxidation sites excluding steroid dienone is 1. The summed E-state index contributed by atoms with van der Waals surface area (Å²) in [6.45, 7) is -0.272. The fraction of sp³-hybridized carbons (Fsp3) is 0.0435. The van der Waals surface area contributed by atoms with Gasteiger partial charge in [-0.05, 0) is 23.8 Å². The topological polar surface area (TPSA) is 93.8 Å². The van der Waals surface area contributed by atoms with E-state index in [9.17, 15) is 14.9 Å². The molecule has 0 spiro atoms. The fourth-order valence-corrected chi connectivity index (χ4v) is 2.51. The summed E-state index contributed by atoms with van der Waals surface area (Å²) < 4.78 is 5.35. The number of nitro benzene ring substituents is 1. The summed E-state index contributed by atoms with van der Waals surface area (Å²) in [5, 5.41) is 14.9. The standard InChI is InChI=1S/C23H19N3O4/c27-23(17-30-21-14-12-20(13-15-21)26(28)29)25-24-22(19-9-5-2-6-10-19)16-11-18-7-3-1-4-8-18/h1-16H,17H2,(H,25,27). The first-order valence-electron chi connectivity index (χ1n) is 9.14. The summed E-state index contributed by atoms with van der Waals surface area (Å²) in [5.74, 6) is -0.0955. The van der Waals surface area contributed by atoms with E-state index in [0.29, 0.717) is 11.5 Å². The van der Waals surface area contributed by atoms with Crippen molar-refractivity contribution in [2.24, 2.45) is 5.10 Å². The van der Waals surface area contributed by atoms with Gasteiger partial charge < -0.3 is 4.74 Å². The van der Waals surface area contributed by atoms with Crippen molar-refractivity contribution in [3.63, 3.8) is 0 Å². The summed E-state index contributed by atoms with van der Waals surface area (Å²) in [6, 6.07) is 24.7. The van der Waals surface area contributed by atoms with Gasteiger partial charge in [0, 0.05) is 17.7 Å². The Morgan fingerprint density at radius 3 is 2.23 bits per heavy atom. The van der Waals surface area contributed by atoms with Gasteiger partial charge in [-0.15, -0.1) is 0 Å². The maximum atomic E-state index is 12.1. The van der Waals surface area contributed by atoms with Gasteiger partial charge in [0.2, 0.25) is 0 Å². The molecule has 0 aliphatic rings. The SMILES string of the molecule is O=C(COc1ccc([N+](=O)[O-])cc1)NN=C(C=Cc1ccccc1)c1ccccc1. The zero-order chi connectivity index (χ0) is 21.2. The van der Waals surface area contributed by atoms with Gasteiger partial charge in [-0.25, -0.2) is 5.43 Å². The molecule has 0 saturated carbocycles. The average molecular weight is 401 g/mol. The Morgan fingerprint density at radius 2 is 1.60 bits per heavy atom. The predicted molar refractivity (Wildman–Crippen MR) is 115 cm³/mol. The molecule has 0 saturated heterocycles. The Bertz CT molecular complexity index is 1050. The zero-order valence-corrected chi connectivity index (χ0v) is 16.0. The normalized spacial score (nSPS) is 11.3. The molecule has 3 aromatic rings. The van der Waals surface area contributed by atoms with Crippen LogP contribution in [0.1, 0.15) is 11.1 Å². The van der Waals surface area contributed by atoms with Crippen LogP contribution in [0, 0.1) is 10.1 Å². The molecule has 1 N–H and O–H groups in total. The predicted octanol–water partition coefficient (Wildman–Crippen LogP) is 4.21. The summed E-state index contributed by atoms with van der Waals surface area (Å²) >= 11 is 0. The highest BCUT2D eigenvalue weighted by Crippen LogP contribution is 2.17. The van der Waals surface area contributed by atoms with Gasteiger partial charge in [-0.2, -0.15) is 5.10 Å². The van der Waals surface area contributed by atoms with Gasteiger partial charge in [0.05, 0.1) is 10.6 Å². The molecular formula is C23H19N3O4. The molecular weight excluding hydrogens is 382 g/mol. The Hall–Kier alpha value is -4.26. The Morgan fingerprint density at radius 1 is 0.967 bits per heavy atom. The second kappa shape index (κ2) is 10.3. The van der Waals surface area contributed by atoms with E-state index < -0.39 is 10.8 Å². The van der Waals surface area contributed by atoms with Gasteiger partial charge in [0.1, 0.15) is 5.75 Å². The third kappa shape index (κ3) is 6.13. The van der Waals surface area contributed by atoms with Crippen molar-refractivity contribution >= 4 is 23.4 Å². The lowest BCUT2D eigenvalue weighted by molar-refractivity contribution is -0.384. The molecule has 7 heteroatoms. The molecule has 1 amide bonds. The van der Waals surface area contributed by atoms with E-state index in [2.05, 4.69) is 10.5 Å². The molecule has 0 aromatic heterocycles. The minimum absolute atomic E-state index is 0.0471. The number of hydrogen-bond donors (Lipinski definition) is 1. The van der Waals surface area contributed by atoms with E-state index in [0.717, 1.165) is 11.1 Å². The number of benzene rings is 3. The van der Waals surface area contributed by atoms with Crippen LogP contribution in [0.25, 0.3) is 6.08 Å². The number of hydrazone groups is 1. The van der Waals surface area contributed by atoms with Crippen LogP contribution in [0.3, 0.4) is 0 Å². The van der Waals surface area contributed by atoms with Crippen molar-refractivity contribution in [2.75, 3.05) is 6.61 Å². The third-order valence-corrected chi connectivity index (χ3v) is 4.02. The molecule has 0 aliphatic heterocycles. The number of amides is 1. The van der Waals surface area contributed by atoms with Crippen molar-refractivity contribution in [2.45, 2.75) is 0 Å². The quantitative estimate of drug-likeness (QED) is 0.348. The van der Waals surface area contributed by atoms with Crippen LogP contribution in [-0.2, 0) is 4.79 Å². The number of nitrogens with one attached hydrogen (secondary N) is 1. The second-order valence-corrected chi connectivity index (χ2v) is 6.18. The van der Waals surface area contributed by atoms with Crippen LogP contribution in [0.15, 0.2) is 96.1 Å². The Kier molecular flexibility index (Phi) is 7.05. The van der Waals surface area contributed by atoms with Crippen molar-refractivity contribution < 1.29 is 14.5 Å². The Labute approximate surface area is 173 Å². The number of carbonyl (C=O) groups excluding carboxylic acids is 1. The summed E-state index contributed by atoms with van der Waals surface area (Å²) in [7, 11) is 0. The van der Waals surface area contributed by atoms with Crippen molar-refractivity contribution in [3.8, 4) is 5.75 Å². The molecule has 7 nitrogen and oxygen atoms in total. The van der Waals surface area contributed by atoms with Crippen LogP contribution in [0.2, 0.25) is 0 Å². The van der Waals surface area contributed by atoms with E-state index in [1.54, 1.807) is 0 Å². The summed E-state index contributed by atoms with van der Waals surface area (Å²) in [4.78, 5) is 22.3. The van der Waals surface area contributed by atoms with Gasteiger partial charge in [0.25, 0.3) is 11.6 Å². The number of carbonyl (C=O) groups is 1. The van der Waals surface area contributed by atoms with E-state index in [-0.39, 0.29) is 12.3 Å². The number of rotatable bonds is 8. The lowest BCUT2D eigenvalue weighted by atomic mass is 10.1. The molecule has 0 atom stereocenters. The number of nitro groups is 1. The highest BCUT2D eigenvalue weighted by Gasteiger charge is 2.07. The molecule has 0 heterocycles. The van der Waals surface area contributed by atoms with E-state index >= 15 is 0 Å². The van der Waals surface area contributed by atoms with Crippen molar-refractivity contribution in [1.82, 2.24) is 5.43 Å². The van der Waals surface area contributed by atoms with E-state index in [1.165, 1.54) is 24.3 Å². The lowest BCUT2D eigenvalue weighted by Crippen LogP contribution is -2.25. The number of nitrogens with zero attached hydrogens (tertiary/aromatic N) is 2. The van der Waals surface area contributed by atoms with Crippen molar-refractivity contribution in [3.05, 3.63) is 112 Å². The molecule has 3 aromatic carbocycles. The van der Waals surface area contributed by atoms with Gasteiger partial charge in [-0.3, -0.25) is 14.9 Å². The monoisotopic (exact) mass is 401 g/mol. The summed E-state index contributed by atoms with van der Waals surface area (Å²) in [5.41, 5.74) is 4.88. The van der Waals surface area contributed by atoms with Gasteiger partial charge in [0.15, 0.2) is 6.61 Å². The first-order valence-corrected chi connectivity index (χ1v) is 9.14. The molecule has 0 unspecified atom stereocenters. The van der Waals surface area contributed by atoms with Crippen LogP contribution >= 0.6 is 0 Å². The van der Waals surface area contributed by atoms with Crippen LogP contribution in [0.4, 0.5) is 5.69 Å². The van der Waals surface area contributed by atoms with Gasteiger partial charge in [-0.1, -0.05) is 66.7 Å². The lowest BCUT2D eigenvalue weighted by Gasteiger charge is -2.06. The first kappa shape index (κ1) is 20.5. The second-order valence-electron chi connectivity index (χ2n) is 6.18. The smallest absolute Gasteiger partial charge is 0.277 e. The molecule has 3 rings (SSSR count).